The van der Waals surface area contributed by atoms with Gasteiger partial charge in [0, 0.05) is 12.1 Å². The Kier molecular flexibility index (Phi) is 1.27. The van der Waals surface area contributed by atoms with Crippen molar-refractivity contribution in [2.75, 3.05) is 0 Å². The summed E-state index contributed by atoms with van der Waals surface area (Å²) in [5.41, 5.74) is 5.61. The predicted octanol–water partition coefficient (Wildman–Crippen LogP) is 1.42. The molecular weight excluding hydrogens is 124 g/mol. The molecule has 9 heavy (non-hydrogen) atoms. The second-order valence-corrected chi connectivity index (χ2v) is 2.00. The number of allylic oxidation sites excluding steroid dienone is 3. The summed E-state index contributed by atoms with van der Waals surface area (Å²) in [6.07, 6.45) is 3.10. The van der Waals surface area contributed by atoms with Gasteiger partial charge in [0.25, 0.3) is 5.92 Å². The quantitative estimate of drug-likeness (QED) is 0.528. The SMILES string of the molecule is NC1=CCC(F)(F)C=C1. The summed E-state index contributed by atoms with van der Waals surface area (Å²) < 4.78 is 24.4. The fourth-order valence-electron chi connectivity index (χ4n) is 0.608. The molecule has 2 N–H and O–H groups in total. The summed E-state index contributed by atoms with van der Waals surface area (Å²) >= 11 is 0. The van der Waals surface area contributed by atoms with E-state index in [4.69, 9.17) is 5.73 Å². The topological polar surface area (TPSA) is 26.0 Å². The highest BCUT2D eigenvalue weighted by Crippen LogP contribution is 2.24. The Bertz CT molecular complexity index is 170. The van der Waals surface area contributed by atoms with Gasteiger partial charge in [-0.3, -0.25) is 0 Å². The first-order valence-corrected chi connectivity index (χ1v) is 2.63. The van der Waals surface area contributed by atoms with Crippen molar-refractivity contribution in [3.05, 3.63) is 23.9 Å². The summed E-state index contributed by atoms with van der Waals surface area (Å²) in [5, 5.41) is 0. The maximum absolute atomic E-state index is 12.2. The molecule has 50 valence electrons. The normalized spacial score (nSPS) is 23.6. The van der Waals surface area contributed by atoms with Gasteiger partial charge >= 0.3 is 0 Å². The zero-order valence-corrected chi connectivity index (χ0v) is 4.77. The molecule has 0 amide bonds. The zero-order valence-electron chi connectivity index (χ0n) is 4.77. The molecule has 0 bridgehead atoms. The molecule has 1 aliphatic carbocycles. The Morgan fingerprint density at radius 2 is 2.22 bits per heavy atom. The second kappa shape index (κ2) is 1.83. The lowest BCUT2D eigenvalue weighted by atomic mass is 10.1. The van der Waals surface area contributed by atoms with E-state index in [-0.39, 0.29) is 6.42 Å². The van der Waals surface area contributed by atoms with E-state index < -0.39 is 5.92 Å². The summed E-state index contributed by atoms with van der Waals surface area (Å²) in [6.45, 7) is 0. The van der Waals surface area contributed by atoms with E-state index in [0.717, 1.165) is 6.08 Å². The Hall–Kier alpha value is -0.860. The minimum atomic E-state index is -2.68. The van der Waals surface area contributed by atoms with E-state index in [9.17, 15) is 8.78 Å². The first-order chi connectivity index (χ1) is 4.10. The van der Waals surface area contributed by atoms with Crippen molar-refractivity contribution >= 4 is 0 Å². The number of alkyl halides is 2. The maximum atomic E-state index is 12.2. The third-order valence-electron chi connectivity index (χ3n) is 1.13. The standard InChI is InChI=1S/C6H7F2N/c7-6(8)3-1-5(9)2-4-6/h1-3H,4,9H2. The van der Waals surface area contributed by atoms with Crippen LogP contribution in [0.1, 0.15) is 6.42 Å². The Labute approximate surface area is 51.8 Å². The van der Waals surface area contributed by atoms with E-state index in [2.05, 4.69) is 0 Å². The van der Waals surface area contributed by atoms with Crippen molar-refractivity contribution in [2.45, 2.75) is 12.3 Å². The molecule has 1 aliphatic rings. The molecule has 0 aromatic rings. The van der Waals surface area contributed by atoms with Crippen LogP contribution in [-0.4, -0.2) is 5.92 Å². The molecule has 0 saturated heterocycles. The average molecular weight is 131 g/mol. The van der Waals surface area contributed by atoms with Gasteiger partial charge in [0.1, 0.15) is 0 Å². The fourth-order valence-corrected chi connectivity index (χ4v) is 0.608. The van der Waals surface area contributed by atoms with Gasteiger partial charge in [-0.15, -0.1) is 0 Å². The van der Waals surface area contributed by atoms with Gasteiger partial charge in [-0.1, -0.05) is 6.08 Å². The van der Waals surface area contributed by atoms with E-state index in [1.807, 2.05) is 0 Å². The first kappa shape index (κ1) is 6.26. The molecule has 0 spiro atoms. The van der Waals surface area contributed by atoms with Crippen molar-refractivity contribution in [1.29, 1.82) is 0 Å². The van der Waals surface area contributed by atoms with Gasteiger partial charge in [-0.05, 0) is 12.2 Å². The Morgan fingerprint density at radius 1 is 1.56 bits per heavy atom. The van der Waals surface area contributed by atoms with Crippen molar-refractivity contribution < 1.29 is 8.78 Å². The molecule has 1 rings (SSSR count). The van der Waals surface area contributed by atoms with Crippen LogP contribution in [0, 0.1) is 0 Å². The van der Waals surface area contributed by atoms with Crippen LogP contribution >= 0.6 is 0 Å². The monoisotopic (exact) mass is 131 g/mol. The van der Waals surface area contributed by atoms with Crippen LogP contribution in [0.15, 0.2) is 23.9 Å². The third kappa shape index (κ3) is 1.52. The summed E-state index contributed by atoms with van der Waals surface area (Å²) in [7, 11) is 0. The number of hydrogen-bond acceptors (Lipinski definition) is 1. The Balaban J connectivity index is 2.70. The number of rotatable bonds is 0. The van der Waals surface area contributed by atoms with Crippen LogP contribution in [0.25, 0.3) is 0 Å². The largest absolute Gasteiger partial charge is 0.399 e. The van der Waals surface area contributed by atoms with Crippen LogP contribution in [0.5, 0.6) is 0 Å². The molecule has 0 atom stereocenters. The molecule has 0 unspecified atom stereocenters. The first-order valence-electron chi connectivity index (χ1n) is 2.63. The molecular formula is C6H7F2N. The van der Waals surface area contributed by atoms with Gasteiger partial charge in [0.15, 0.2) is 0 Å². The summed E-state index contributed by atoms with van der Waals surface area (Å²) in [4.78, 5) is 0. The van der Waals surface area contributed by atoms with E-state index in [0.29, 0.717) is 5.70 Å². The minimum Gasteiger partial charge on any atom is -0.399 e. The lowest BCUT2D eigenvalue weighted by Crippen LogP contribution is -2.15. The van der Waals surface area contributed by atoms with Gasteiger partial charge < -0.3 is 5.73 Å². The predicted molar refractivity (Wildman–Crippen MR) is 31.0 cm³/mol. The number of halogens is 2. The molecule has 0 radical (unpaired) electrons. The van der Waals surface area contributed by atoms with Crippen molar-refractivity contribution in [1.82, 2.24) is 0 Å². The number of hydrogen-bond donors (Lipinski definition) is 1. The lowest BCUT2D eigenvalue weighted by molar-refractivity contribution is 0.0571. The van der Waals surface area contributed by atoms with E-state index in [1.54, 1.807) is 0 Å². The minimum absolute atomic E-state index is 0.269. The van der Waals surface area contributed by atoms with Gasteiger partial charge in [0.2, 0.25) is 0 Å². The smallest absolute Gasteiger partial charge is 0.270 e. The lowest BCUT2D eigenvalue weighted by Gasteiger charge is -2.12. The zero-order chi connectivity index (χ0) is 6.91. The van der Waals surface area contributed by atoms with Crippen LogP contribution in [0.3, 0.4) is 0 Å². The molecule has 0 aromatic carbocycles. The van der Waals surface area contributed by atoms with Crippen LogP contribution in [0.4, 0.5) is 8.78 Å². The highest BCUT2D eigenvalue weighted by Gasteiger charge is 2.25. The average Bonchev–Trinajstić information content (AvgIpc) is 1.78. The second-order valence-electron chi connectivity index (χ2n) is 2.00. The van der Waals surface area contributed by atoms with Crippen LogP contribution in [-0.2, 0) is 0 Å². The third-order valence-corrected chi connectivity index (χ3v) is 1.13. The van der Waals surface area contributed by atoms with Crippen LogP contribution < -0.4 is 5.73 Å². The van der Waals surface area contributed by atoms with Gasteiger partial charge in [-0.25, -0.2) is 8.78 Å². The highest BCUT2D eigenvalue weighted by molar-refractivity contribution is 5.22. The maximum Gasteiger partial charge on any atom is 0.270 e. The molecule has 0 fully saturated rings. The van der Waals surface area contributed by atoms with E-state index >= 15 is 0 Å². The molecule has 3 heteroatoms. The van der Waals surface area contributed by atoms with Crippen molar-refractivity contribution in [2.24, 2.45) is 5.73 Å². The molecule has 0 aromatic heterocycles. The molecule has 0 heterocycles. The van der Waals surface area contributed by atoms with Crippen LogP contribution in [0.2, 0.25) is 0 Å². The Morgan fingerprint density at radius 3 is 2.56 bits per heavy atom. The molecule has 1 nitrogen and oxygen atoms in total. The summed E-state index contributed by atoms with van der Waals surface area (Å²) in [6, 6.07) is 0. The van der Waals surface area contributed by atoms with E-state index in [1.165, 1.54) is 12.2 Å². The molecule has 0 saturated carbocycles. The molecule has 0 aliphatic heterocycles. The summed E-state index contributed by atoms with van der Waals surface area (Å²) in [5.74, 6) is -2.68. The highest BCUT2D eigenvalue weighted by atomic mass is 19.3. The van der Waals surface area contributed by atoms with Gasteiger partial charge in [0.05, 0.1) is 0 Å². The van der Waals surface area contributed by atoms with Crippen molar-refractivity contribution in [3.8, 4) is 0 Å². The number of nitrogens with two attached hydrogens (primary N) is 1. The van der Waals surface area contributed by atoms with Crippen molar-refractivity contribution in [3.63, 3.8) is 0 Å². The fraction of sp³-hybridized carbons (Fsp3) is 0.333. The van der Waals surface area contributed by atoms with Gasteiger partial charge in [-0.2, -0.15) is 0 Å².